The number of hydrogen-bond acceptors (Lipinski definition) is 3. The van der Waals surface area contributed by atoms with Crippen molar-refractivity contribution in [1.82, 2.24) is 10.2 Å². The molecule has 0 bridgehead atoms. The van der Waals surface area contributed by atoms with E-state index in [1.807, 2.05) is 21.0 Å². The Morgan fingerprint density at radius 1 is 1.43 bits per heavy atom. The molecule has 4 heteroatoms. The van der Waals surface area contributed by atoms with Crippen LogP contribution in [0.2, 0.25) is 0 Å². The maximum Gasteiger partial charge on any atom is 0.320 e. The second-order valence-corrected chi connectivity index (χ2v) is 3.76. The van der Waals surface area contributed by atoms with Crippen LogP contribution < -0.4 is 5.32 Å². The molecule has 4 nitrogen and oxygen atoms in total. The lowest BCUT2D eigenvalue weighted by Crippen LogP contribution is -2.36. The van der Waals surface area contributed by atoms with Crippen molar-refractivity contribution in [2.24, 2.45) is 0 Å². The molecule has 0 amide bonds. The van der Waals surface area contributed by atoms with Gasteiger partial charge in [-0.1, -0.05) is 6.92 Å². The summed E-state index contributed by atoms with van der Waals surface area (Å²) < 4.78 is 0. The summed E-state index contributed by atoms with van der Waals surface area (Å²) in [6.07, 6.45) is 2.78. The molecule has 84 valence electrons. The molecule has 0 aromatic rings. The molecule has 0 spiro atoms. The van der Waals surface area contributed by atoms with Gasteiger partial charge in [0, 0.05) is 0 Å². The Labute approximate surface area is 86.3 Å². The minimum absolute atomic E-state index is 0.380. The van der Waals surface area contributed by atoms with E-state index in [4.69, 9.17) is 5.11 Å². The smallest absolute Gasteiger partial charge is 0.320 e. The van der Waals surface area contributed by atoms with Gasteiger partial charge in [-0.15, -0.1) is 0 Å². The Morgan fingerprint density at radius 3 is 2.50 bits per heavy atom. The summed E-state index contributed by atoms with van der Waals surface area (Å²) in [5.41, 5.74) is 0. The van der Waals surface area contributed by atoms with Gasteiger partial charge in [-0.2, -0.15) is 0 Å². The molecule has 0 aliphatic carbocycles. The number of carbonyl (C=O) groups is 1. The van der Waals surface area contributed by atoms with Crippen molar-refractivity contribution in [3.05, 3.63) is 0 Å². The average Bonchev–Trinajstić information content (AvgIpc) is 2.10. The van der Waals surface area contributed by atoms with Gasteiger partial charge in [0.2, 0.25) is 0 Å². The van der Waals surface area contributed by atoms with Gasteiger partial charge >= 0.3 is 5.97 Å². The molecule has 0 rings (SSSR count). The van der Waals surface area contributed by atoms with Gasteiger partial charge in [0.25, 0.3) is 0 Å². The normalized spacial score (nSPS) is 13.1. The highest BCUT2D eigenvalue weighted by Gasteiger charge is 2.12. The Bertz CT molecular complexity index is 160. The summed E-state index contributed by atoms with van der Waals surface area (Å²) in [4.78, 5) is 12.8. The van der Waals surface area contributed by atoms with Crippen LogP contribution in [0.4, 0.5) is 0 Å². The number of nitrogens with one attached hydrogen (secondary N) is 1. The first-order valence-corrected chi connectivity index (χ1v) is 5.18. The number of rotatable bonds is 8. The van der Waals surface area contributed by atoms with Crippen LogP contribution in [0.25, 0.3) is 0 Å². The van der Waals surface area contributed by atoms with Crippen LogP contribution in [0.15, 0.2) is 0 Å². The topological polar surface area (TPSA) is 52.6 Å². The molecule has 0 aliphatic rings. The highest BCUT2D eigenvalue weighted by molar-refractivity contribution is 5.73. The van der Waals surface area contributed by atoms with Crippen LogP contribution in [0, 0.1) is 0 Å². The van der Waals surface area contributed by atoms with Gasteiger partial charge < -0.3 is 15.3 Å². The fourth-order valence-electron chi connectivity index (χ4n) is 1.24. The summed E-state index contributed by atoms with van der Waals surface area (Å²) in [5.74, 6) is -0.750. The molecule has 1 atom stereocenters. The first-order valence-electron chi connectivity index (χ1n) is 5.18. The standard InChI is InChI=1S/C10H22N2O2/c1-4-9(10(13)14)11-7-5-6-8-12(2)3/h9,11H,4-8H2,1-3H3,(H,13,14). The fraction of sp³-hybridized carbons (Fsp3) is 0.900. The zero-order chi connectivity index (χ0) is 11.0. The lowest BCUT2D eigenvalue weighted by molar-refractivity contribution is -0.139. The Hall–Kier alpha value is -0.610. The predicted octanol–water partition coefficient (Wildman–Crippen LogP) is 0.781. The summed E-state index contributed by atoms with van der Waals surface area (Å²) >= 11 is 0. The maximum atomic E-state index is 10.6. The van der Waals surface area contributed by atoms with Gasteiger partial charge in [-0.3, -0.25) is 4.79 Å². The molecular weight excluding hydrogens is 180 g/mol. The lowest BCUT2D eigenvalue weighted by atomic mass is 10.2. The molecule has 0 aromatic carbocycles. The van der Waals surface area contributed by atoms with Crippen molar-refractivity contribution in [2.75, 3.05) is 27.2 Å². The van der Waals surface area contributed by atoms with Crippen LogP contribution in [-0.2, 0) is 4.79 Å². The van der Waals surface area contributed by atoms with Crippen LogP contribution in [0.3, 0.4) is 0 Å². The van der Waals surface area contributed by atoms with E-state index in [0.29, 0.717) is 6.42 Å². The van der Waals surface area contributed by atoms with Gasteiger partial charge in [0.15, 0.2) is 0 Å². The van der Waals surface area contributed by atoms with Crippen molar-refractivity contribution >= 4 is 5.97 Å². The maximum absolute atomic E-state index is 10.6. The molecule has 0 saturated carbocycles. The third kappa shape index (κ3) is 6.86. The Morgan fingerprint density at radius 2 is 2.07 bits per heavy atom. The van der Waals surface area contributed by atoms with Gasteiger partial charge in [0.05, 0.1) is 0 Å². The number of carboxylic acid groups (broad SMARTS) is 1. The first kappa shape index (κ1) is 13.4. The van der Waals surface area contributed by atoms with E-state index in [-0.39, 0.29) is 6.04 Å². The lowest BCUT2D eigenvalue weighted by Gasteiger charge is -2.13. The summed E-state index contributed by atoms with van der Waals surface area (Å²) in [6.45, 7) is 3.73. The molecule has 0 aliphatic heterocycles. The van der Waals surface area contributed by atoms with Crippen molar-refractivity contribution < 1.29 is 9.90 Å². The molecule has 2 N–H and O–H groups in total. The fourth-order valence-corrected chi connectivity index (χ4v) is 1.24. The second kappa shape index (κ2) is 7.76. The van der Waals surface area contributed by atoms with E-state index in [2.05, 4.69) is 10.2 Å². The quantitative estimate of drug-likeness (QED) is 0.571. The third-order valence-electron chi connectivity index (χ3n) is 2.13. The molecule has 0 saturated heterocycles. The molecule has 0 aromatic heterocycles. The van der Waals surface area contributed by atoms with E-state index in [0.717, 1.165) is 25.9 Å². The van der Waals surface area contributed by atoms with E-state index in [1.165, 1.54) is 0 Å². The zero-order valence-electron chi connectivity index (χ0n) is 9.42. The number of hydrogen-bond donors (Lipinski definition) is 2. The Kier molecular flexibility index (Phi) is 7.42. The van der Waals surface area contributed by atoms with Crippen molar-refractivity contribution in [3.8, 4) is 0 Å². The summed E-state index contributed by atoms with van der Waals surface area (Å²) in [6, 6.07) is -0.380. The minimum Gasteiger partial charge on any atom is -0.480 e. The van der Waals surface area contributed by atoms with Crippen LogP contribution in [-0.4, -0.2) is 49.2 Å². The van der Waals surface area contributed by atoms with Gasteiger partial charge in [-0.05, 0) is 46.4 Å². The molecule has 14 heavy (non-hydrogen) atoms. The zero-order valence-corrected chi connectivity index (χ0v) is 9.42. The van der Waals surface area contributed by atoms with Crippen molar-refractivity contribution in [3.63, 3.8) is 0 Å². The first-order chi connectivity index (χ1) is 6.57. The number of carboxylic acids is 1. The Balaban J connectivity index is 3.38. The van der Waals surface area contributed by atoms with Crippen molar-refractivity contribution in [1.29, 1.82) is 0 Å². The van der Waals surface area contributed by atoms with E-state index >= 15 is 0 Å². The highest BCUT2D eigenvalue weighted by Crippen LogP contribution is 1.93. The molecular formula is C10H22N2O2. The molecule has 1 unspecified atom stereocenters. The van der Waals surface area contributed by atoms with Crippen LogP contribution in [0.5, 0.6) is 0 Å². The predicted molar refractivity (Wildman–Crippen MR) is 57.5 cm³/mol. The van der Waals surface area contributed by atoms with Crippen LogP contribution in [0.1, 0.15) is 26.2 Å². The molecule has 0 radical (unpaired) electrons. The van der Waals surface area contributed by atoms with E-state index in [9.17, 15) is 4.79 Å². The van der Waals surface area contributed by atoms with Crippen LogP contribution >= 0.6 is 0 Å². The molecule has 0 heterocycles. The summed E-state index contributed by atoms with van der Waals surface area (Å²) in [7, 11) is 4.08. The number of nitrogens with zero attached hydrogens (tertiary/aromatic N) is 1. The SMILES string of the molecule is CCC(NCCCCN(C)C)C(=O)O. The van der Waals surface area contributed by atoms with Crippen molar-refractivity contribution in [2.45, 2.75) is 32.2 Å². The monoisotopic (exact) mass is 202 g/mol. The highest BCUT2D eigenvalue weighted by atomic mass is 16.4. The number of unbranched alkanes of at least 4 members (excludes halogenated alkanes) is 1. The third-order valence-corrected chi connectivity index (χ3v) is 2.13. The molecule has 0 fully saturated rings. The average molecular weight is 202 g/mol. The second-order valence-electron chi connectivity index (χ2n) is 3.76. The van der Waals surface area contributed by atoms with Gasteiger partial charge in [-0.25, -0.2) is 0 Å². The number of aliphatic carboxylic acids is 1. The van der Waals surface area contributed by atoms with Gasteiger partial charge in [0.1, 0.15) is 6.04 Å². The minimum atomic E-state index is -0.750. The van der Waals surface area contributed by atoms with E-state index in [1.54, 1.807) is 0 Å². The van der Waals surface area contributed by atoms with E-state index < -0.39 is 5.97 Å². The summed E-state index contributed by atoms with van der Waals surface area (Å²) in [5, 5.41) is 11.8. The largest absolute Gasteiger partial charge is 0.480 e.